The molecule has 2 nitrogen and oxygen atoms in total. The summed E-state index contributed by atoms with van der Waals surface area (Å²) in [6.45, 7) is 18.6. The van der Waals surface area contributed by atoms with Crippen LogP contribution in [0.5, 0.6) is 0 Å². The van der Waals surface area contributed by atoms with Gasteiger partial charge in [0.2, 0.25) is 0 Å². The van der Waals surface area contributed by atoms with Crippen molar-refractivity contribution in [1.29, 1.82) is 0 Å². The highest BCUT2D eigenvalue weighted by atomic mass is 15.2. The van der Waals surface area contributed by atoms with Gasteiger partial charge in [-0.3, -0.25) is 0 Å². The summed E-state index contributed by atoms with van der Waals surface area (Å²) in [6.07, 6.45) is 5.07. The van der Waals surface area contributed by atoms with Crippen LogP contribution in [0.25, 0.3) is 0 Å². The van der Waals surface area contributed by atoms with Crippen molar-refractivity contribution in [3.05, 3.63) is 0 Å². The molecule has 0 saturated carbocycles. The lowest BCUT2D eigenvalue weighted by atomic mass is 9.84. The first kappa shape index (κ1) is 17.9. The molecule has 0 aliphatic carbocycles. The lowest BCUT2D eigenvalue weighted by Crippen LogP contribution is -2.45. The standard InChI is InChI=1S/C16H36N2/c1-7-11-16(6,13-17-12-8-2)14-18(10-4)15(5)9-3/h15,17H,7-14H2,1-6H3. The van der Waals surface area contributed by atoms with Crippen LogP contribution in [0.15, 0.2) is 0 Å². The lowest BCUT2D eigenvalue weighted by molar-refractivity contribution is 0.119. The molecule has 0 radical (unpaired) electrons. The second-order valence-electron chi connectivity index (χ2n) is 6.06. The zero-order valence-corrected chi connectivity index (χ0v) is 13.7. The Balaban J connectivity index is 4.45. The van der Waals surface area contributed by atoms with Gasteiger partial charge in [-0.2, -0.15) is 0 Å². The molecular weight excluding hydrogens is 220 g/mol. The van der Waals surface area contributed by atoms with E-state index in [1.165, 1.54) is 38.8 Å². The maximum atomic E-state index is 3.62. The first-order valence-corrected chi connectivity index (χ1v) is 7.97. The van der Waals surface area contributed by atoms with E-state index in [-0.39, 0.29) is 0 Å². The van der Waals surface area contributed by atoms with Crippen molar-refractivity contribution in [2.24, 2.45) is 5.41 Å². The summed E-state index contributed by atoms with van der Waals surface area (Å²) in [6, 6.07) is 0.706. The molecule has 1 N–H and O–H groups in total. The number of rotatable bonds is 11. The van der Waals surface area contributed by atoms with E-state index in [0.717, 1.165) is 13.1 Å². The average molecular weight is 256 g/mol. The predicted octanol–water partition coefficient (Wildman–Crippen LogP) is 3.91. The van der Waals surface area contributed by atoms with Crippen LogP contribution in [0, 0.1) is 5.41 Å². The van der Waals surface area contributed by atoms with E-state index in [1.807, 2.05) is 0 Å². The SMILES string of the molecule is CCCNCC(C)(CCC)CN(CC)C(C)CC. The summed E-state index contributed by atoms with van der Waals surface area (Å²) in [4.78, 5) is 2.64. The fourth-order valence-corrected chi connectivity index (χ4v) is 2.72. The highest BCUT2D eigenvalue weighted by Gasteiger charge is 2.26. The summed E-state index contributed by atoms with van der Waals surface area (Å²) in [5, 5.41) is 3.62. The molecule has 0 heterocycles. The van der Waals surface area contributed by atoms with E-state index >= 15 is 0 Å². The van der Waals surface area contributed by atoms with Crippen molar-refractivity contribution >= 4 is 0 Å². The molecule has 0 bridgehead atoms. The monoisotopic (exact) mass is 256 g/mol. The number of hydrogen-bond acceptors (Lipinski definition) is 2. The van der Waals surface area contributed by atoms with Gasteiger partial charge in [0.15, 0.2) is 0 Å². The summed E-state index contributed by atoms with van der Waals surface area (Å²) in [5.41, 5.74) is 0.420. The van der Waals surface area contributed by atoms with Crippen LogP contribution in [0.1, 0.15) is 67.2 Å². The van der Waals surface area contributed by atoms with Crippen molar-refractivity contribution in [3.63, 3.8) is 0 Å². The Morgan fingerprint density at radius 1 is 1.11 bits per heavy atom. The molecule has 0 aromatic carbocycles. The van der Waals surface area contributed by atoms with Crippen LogP contribution in [0.4, 0.5) is 0 Å². The minimum Gasteiger partial charge on any atom is -0.316 e. The number of nitrogens with one attached hydrogen (secondary N) is 1. The molecule has 2 unspecified atom stereocenters. The second kappa shape index (κ2) is 9.80. The minimum atomic E-state index is 0.420. The number of nitrogens with zero attached hydrogens (tertiary/aromatic N) is 1. The Morgan fingerprint density at radius 3 is 2.22 bits per heavy atom. The molecule has 2 atom stereocenters. The second-order valence-corrected chi connectivity index (χ2v) is 6.06. The fraction of sp³-hybridized carbons (Fsp3) is 1.00. The smallest absolute Gasteiger partial charge is 0.00644 e. The van der Waals surface area contributed by atoms with Crippen LogP contribution < -0.4 is 5.32 Å². The molecule has 18 heavy (non-hydrogen) atoms. The Hall–Kier alpha value is -0.0800. The zero-order chi connectivity index (χ0) is 14.0. The van der Waals surface area contributed by atoms with Crippen molar-refractivity contribution in [3.8, 4) is 0 Å². The Bertz CT molecular complexity index is 194. The quantitative estimate of drug-likeness (QED) is 0.564. The van der Waals surface area contributed by atoms with Gasteiger partial charge in [-0.25, -0.2) is 0 Å². The molecule has 0 aliphatic rings. The molecule has 0 saturated heterocycles. The molecule has 0 aliphatic heterocycles. The molecule has 0 fully saturated rings. The molecule has 0 rings (SSSR count). The van der Waals surface area contributed by atoms with Crippen molar-refractivity contribution in [2.45, 2.75) is 73.3 Å². The normalized spacial score (nSPS) is 16.8. The first-order valence-electron chi connectivity index (χ1n) is 7.97. The summed E-state index contributed by atoms with van der Waals surface area (Å²) >= 11 is 0. The van der Waals surface area contributed by atoms with Crippen LogP contribution >= 0.6 is 0 Å². The van der Waals surface area contributed by atoms with E-state index in [0.29, 0.717) is 11.5 Å². The van der Waals surface area contributed by atoms with Gasteiger partial charge < -0.3 is 10.2 Å². The topological polar surface area (TPSA) is 15.3 Å². The van der Waals surface area contributed by atoms with Crippen LogP contribution in [0.2, 0.25) is 0 Å². The van der Waals surface area contributed by atoms with E-state index in [1.54, 1.807) is 0 Å². The third kappa shape index (κ3) is 6.75. The molecule has 0 spiro atoms. The average Bonchev–Trinajstić information content (AvgIpc) is 2.36. The maximum absolute atomic E-state index is 3.62. The van der Waals surface area contributed by atoms with E-state index in [2.05, 4.69) is 51.8 Å². The van der Waals surface area contributed by atoms with Gasteiger partial charge in [-0.1, -0.05) is 41.0 Å². The van der Waals surface area contributed by atoms with Gasteiger partial charge in [0.1, 0.15) is 0 Å². The Kier molecular flexibility index (Phi) is 9.76. The van der Waals surface area contributed by atoms with E-state index in [4.69, 9.17) is 0 Å². The largest absolute Gasteiger partial charge is 0.316 e. The van der Waals surface area contributed by atoms with Crippen LogP contribution in [-0.2, 0) is 0 Å². The van der Waals surface area contributed by atoms with Crippen molar-refractivity contribution < 1.29 is 0 Å². The molecule has 110 valence electrons. The van der Waals surface area contributed by atoms with Gasteiger partial charge in [0.05, 0.1) is 0 Å². The third-order valence-electron chi connectivity index (χ3n) is 4.04. The van der Waals surface area contributed by atoms with Crippen molar-refractivity contribution in [2.75, 3.05) is 26.2 Å². The third-order valence-corrected chi connectivity index (χ3v) is 4.04. The zero-order valence-electron chi connectivity index (χ0n) is 13.7. The van der Waals surface area contributed by atoms with Gasteiger partial charge in [-0.05, 0) is 44.7 Å². The van der Waals surface area contributed by atoms with Gasteiger partial charge in [0.25, 0.3) is 0 Å². The minimum absolute atomic E-state index is 0.420. The fourth-order valence-electron chi connectivity index (χ4n) is 2.72. The summed E-state index contributed by atoms with van der Waals surface area (Å²) in [7, 11) is 0. The summed E-state index contributed by atoms with van der Waals surface area (Å²) in [5.74, 6) is 0. The first-order chi connectivity index (χ1) is 8.52. The molecule has 0 aromatic heterocycles. The van der Waals surface area contributed by atoms with Crippen LogP contribution in [0.3, 0.4) is 0 Å². The highest BCUT2D eigenvalue weighted by Crippen LogP contribution is 2.25. The van der Waals surface area contributed by atoms with E-state index < -0.39 is 0 Å². The molecule has 2 heteroatoms. The van der Waals surface area contributed by atoms with Gasteiger partial charge in [-0.15, -0.1) is 0 Å². The van der Waals surface area contributed by atoms with Crippen molar-refractivity contribution in [1.82, 2.24) is 10.2 Å². The molecule has 0 amide bonds. The highest BCUT2D eigenvalue weighted by molar-refractivity contribution is 4.82. The van der Waals surface area contributed by atoms with Gasteiger partial charge >= 0.3 is 0 Å². The molecular formula is C16H36N2. The predicted molar refractivity (Wildman–Crippen MR) is 83.2 cm³/mol. The lowest BCUT2D eigenvalue weighted by Gasteiger charge is -2.38. The number of hydrogen-bond donors (Lipinski definition) is 1. The Morgan fingerprint density at radius 2 is 1.78 bits per heavy atom. The maximum Gasteiger partial charge on any atom is 0.00644 e. The molecule has 0 aromatic rings. The summed E-state index contributed by atoms with van der Waals surface area (Å²) < 4.78 is 0. The van der Waals surface area contributed by atoms with Crippen LogP contribution in [-0.4, -0.2) is 37.1 Å². The Labute approximate surface area is 116 Å². The van der Waals surface area contributed by atoms with E-state index in [9.17, 15) is 0 Å². The van der Waals surface area contributed by atoms with Gasteiger partial charge in [0, 0.05) is 19.1 Å².